The molecule has 0 heterocycles. The normalized spacial score (nSPS) is 19.2. The Morgan fingerprint density at radius 1 is 0.920 bits per heavy atom. The van der Waals surface area contributed by atoms with E-state index in [1.165, 1.54) is 44.9 Å². The maximum atomic E-state index is 12.2. The number of ether oxygens (including phenoxy) is 1. The van der Waals surface area contributed by atoms with Crippen molar-refractivity contribution in [3.8, 4) is 0 Å². The highest BCUT2D eigenvalue weighted by Gasteiger charge is 2.32. The number of carbonyl (C=O) groups is 2. The average Bonchev–Trinajstić information content (AvgIpc) is 2.51. The van der Waals surface area contributed by atoms with E-state index in [9.17, 15) is 9.59 Å². The summed E-state index contributed by atoms with van der Waals surface area (Å²) in [5.41, 5.74) is -0.943. The van der Waals surface area contributed by atoms with Crippen LogP contribution in [0.5, 0.6) is 0 Å². The third-order valence-corrected chi connectivity index (χ3v) is 4.55. The number of rotatable bonds is 3. The molecule has 0 aromatic heterocycles. The molecule has 0 radical (unpaired) electrons. The van der Waals surface area contributed by atoms with Crippen LogP contribution in [0, 0.1) is 0 Å². The van der Waals surface area contributed by atoms with E-state index in [0.29, 0.717) is 6.42 Å². The highest BCUT2D eigenvalue weighted by Crippen LogP contribution is 2.28. The zero-order valence-electron chi connectivity index (χ0n) is 17.3. The lowest BCUT2D eigenvalue weighted by Gasteiger charge is -2.35. The summed E-state index contributed by atoms with van der Waals surface area (Å²) in [6.45, 7) is 9.58. The Kier molecular flexibility index (Phi) is 12.6. The van der Waals surface area contributed by atoms with E-state index < -0.39 is 17.2 Å². The van der Waals surface area contributed by atoms with Gasteiger partial charge in [0.1, 0.15) is 11.9 Å². The predicted octanol–water partition coefficient (Wildman–Crippen LogP) is 6.17. The largest absolute Gasteiger partial charge is 0.444 e. The van der Waals surface area contributed by atoms with Gasteiger partial charge in [0.05, 0.1) is 0 Å². The van der Waals surface area contributed by atoms with Crippen LogP contribution >= 0.6 is 0 Å². The number of aldehydes is 1. The molecule has 0 spiro atoms. The Hall–Kier alpha value is -1.06. The summed E-state index contributed by atoms with van der Waals surface area (Å²) in [7, 11) is 0. The standard InChI is InChI=1S/C19H35NO3.C2H6/c1-18(2,3)23-17(22)20-19(15-16-21)13-11-9-7-5-4-6-8-10-12-14-19;1-2/h16H,4-15H2,1-3H3,(H,20,22);1-2H3. The molecular weight excluding hydrogens is 314 g/mol. The second kappa shape index (κ2) is 13.2. The van der Waals surface area contributed by atoms with Gasteiger partial charge in [-0.05, 0) is 33.6 Å². The number of alkyl carbamates (subject to hydrolysis) is 1. The maximum Gasteiger partial charge on any atom is 0.408 e. The van der Waals surface area contributed by atoms with Gasteiger partial charge in [0.25, 0.3) is 0 Å². The summed E-state index contributed by atoms with van der Waals surface area (Å²) in [6.07, 6.45) is 13.6. The summed E-state index contributed by atoms with van der Waals surface area (Å²) in [5.74, 6) is 0. The lowest BCUT2D eigenvalue weighted by molar-refractivity contribution is -0.109. The maximum absolute atomic E-state index is 12.2. The fourth-order valence-electron chi connectivity index (χ4n) is 3.35. The molecular formula is C21H41NO3. The van der Waals surface area contributed by atoms with Gasteiger partial charge < -0.3 is 14.8 Å². The van der Waals surface area contributed by atoms with Crippen molar-refractivity contribution in [3.63, 3.8) is 0 Å². The summed E-state index contributed by atoms with van der Waals surface area (Å²) >= 11 is 0. The monoisotopic (exact) mass is 355 g/mol. The van der Waals surface area contributed by atoms with Gasteiger partial charge >= 0.3 is 6.09 Å². The first-order valence-electron chi connectivity index (χ1n) is 10.3. The molecule has 0 aromatic carbocycles. The summed E-state index contributed by atoms with van der Waals surface area (Å²) in [6, 6.07) is 0. The molecule has 0 aromatic rings. The average molecular weight is 356 g/mol. The third-order valence-electron chi connectivity index (χ3n) is 4.55. The summed E-state index contributed by atoms with van der Waals surface area (Å²) in [5, 5.41) is 3.05. The molecule has 1 aliphatic rings. The van der Waals surface area contributed by atoms with Crippen LogP contribution in [0.25, 0.3) is 0 Å². The fraction of sp³-hybridized carbons (Fsp3) is 0.905. The number of hydrogen-bond acceptors (Lipinski definition) is 3. The van der Waals surface area contributed by atoms with Gasteiger partial charge in [-0.3, -0.25) is 0 Å². The number of amides is 1. The van der Waals surface area contributed by atoms with Crippen LogP contribution in [0.3, 0.4) is 0 Å². The minimum atomic E-state index is -0.516. The van der Waals surface area contributed by atoms with E-state index in [4.69, 9.17) is 4.74 Å². The lowest BCUT2D eigenvalue weighted by atomic mass is 9.83. The quantitative estimate of drug-likeness (QED) is 0.616. The highest BCUT2D eigenvalue weighted by atomic mass is 16.6. The molecule has 25 heavy (non-hydrogen) atoms. The molecule has 1 N–H and O–H groups in total. The van der Waals surface area contributed by atoms with Crippen molar-refractivity contribution >= 4 is 12.4 Å². The van der Waals surface area contributed by atoms with Gasteiger partial charge in [0, 0.05) is 12.0 Å². The van der Waals surface area contributed by atoms with Gasteiger partial charge in [-0.25, -0.2) is 4.79 Å². The molecule has 1 rings (SSSR count). The van der Waals surface area contributed by atoms with Gasteiger partial charge in [-0.15, -0.1) is 0 Å². The molecule has 148 valence electrons. The second-order valence-corrected chi connectivity index (χ2v) is 7.96. The molecule has 1 aliphatic carbocycles. The predicted molar refractivity (Wildman–Crippen MR) is 105 cm³/mol. The first-order chi connectivity index (χ1) is 11.9. The number of carbonyl (C=O) groups excluding carboxylic acids is 2. The minimum absolute atomic E-state index is 0.381. The molecule has 4 heteroatoms. The smallest absolute Gasteiger partial charge is 0.408 e. The van der Waals surface area contributed by atoms with Gasteiger partial charge in [0.2, 0.25) is 0 Å². The van der Waals surface area contributed by atoms with E-state index in [0.717, 1.165) is 32.0 Å². The van der Waals surface area contributed by atoms with Crippen LogP contribution in [-0.2, 0) is 9.53 Å². The first kappa shape index (κ1) is 23.9. The third kappa shape index (κ3) is 12.0. The topological polar surface area (TPSA) is 55.4 Å². The minimum Gasteiger partial charge on any atom is -0.444 e. The molecule has 1 amide bonds. The van der Waals surface area contributed by atoms with Crippen molar-refractivity contribution in [1.82, 2.24) is 5.32 Å². The molecule has 0 atom stereocenters. The van der Waals surface area contributed by atoms with Crippen molar-refractivity contribution in [2.24, 2.45) is 0 Å². The molecule has 4 nitrogen and oxygen atoms in total. The van der Waals surface area contributed by atoms with Crippen LogP contribution < -0.4 is 5.32 Å². The van der Waals surface area contributed by atoms with Crippen LogP contribution in [0.15, 0.2) is 0 Å². The van der Waals surface area contributed by atoms with Gasteiger partial charge in [-0.2, -0.15) is 0 Å². The summed E-state index contributed by atoms with van der Waals surface area (Å²) < 4.78 is 5.42. The van der Waals surface area contributed by atoms with E-state index >= 15 is 0 Å². The van der Waals surface area contributed by atoms with Crippen LogP contribution in [-0.4, -0.2) is 23.5 Å². The van der Waals surface area contributed by atoms with E-state index in [1.807, 2.05) is 34.6 Å². The number of nitrogens with one attached hydrogen (secondary N) is 1. The molecule has 0 bridgehead atoms. The van der Waals surface area contributed by atoms with Crippen LogP contribution in [0.1, 0.15) is 112 Å². The van der Waals surface area contributed by atoms with Gasteiger partial charge in [0.15, 0.2) is 0 Å². The molecule has 0 aliphatic heterocycles. The summed E-state index contributed by atoms with van der Waals surface area (Å²) in [4.78, 5) is 23.5. The van der Waals surface area contributed by atoms with Crippen LogP contribution in [0.4, 0.5) is 4.79 Å². The molecule has 0 saturated heterocycles. The second-order valence-electron chi connectivity index (χ2n) is 7.96. The Labute approximate surface area is 155 Å². The first-order valence-corrected chi connectivity index (χ1v) is 10.3. The van der Waals surface area contributed by atoms with E-state index in [1.54, 1.807) is 0 Å². The van der Waals surface area contributed by atoms with Crippen molar-refractivity contribution < 1.29 is 14.3 Å². The zero-order chi connectivity index (χ0) is 19.2. The highest BCUT2D eigenvalue weighted by molar-refractivity contribution is 5.69. The Bertz CT molecular complexity index is 349. The fourth-order valence-corrected chi connectivity index (χ4v) is 3.35. The van der Waals surface area contributed by atoms with E-state index in [2.05, 4.69) is 5.32 Å². The van der Waals surface area contributed by atoms with Crippen LogP contribution in [0.2, 0.25) is 0 Å². The molecule has 1 fully saturated rings. The Balaban J connectivity index is 0.00000277. The Morgan fingerprint density at radius 3 is 1.68 bits per heavy atom. The molecule has 0 unspecified atom stereocenters. The zero-order valence-corrected chi connectivity index (χ0v) is 17.3. The van der Waals surface area contributed by atoms with Crippen molar-refractivity contribution in [2.45, 2.75) is 123 Å². The van der Waals surface area contributed by atoms with Crippen molar-refractivity contribution in [1.29, 1.82) is 0 Å². The SMILES string of the molecule is CC.CC(C)(C)OC(=O)NC1(CC=O)CCCCCCCCCCC1. The lowest BCUT2D eigenvalue weighted by Crippen LogP contribution is -2.50. The van der Waals surface area contributed by atoms with Crippen molar-refractivity contribution in [3.05, 3.63) is 0 Å². The van der Waals surface area contributed by atoms with E-state index in [-0.39, 0.29) is 0 Å². The van der Waals surface area contributed by atoms with Gasteiger partial charge in [-0.1, -0.05) is 71.6 Å². The number of hydrogen-bond donors (Lipinski definition) is 1. The molecule has 1 saturated carbocycles. The van der Waals surface area contributed by atoms with Crippen molar-refractivity contribution in [2.75, 3.05) is 0 Å². The Morgan fingerprint density at radius 2 is 1.32 bits per heavy atom.